The lowest BCUT2D eigenvalue weighted by atomic mass is 10.2. The molecular weight excluding hydrogens is 423 g/mol. The summed E-state index contributed by atoms with van der Waals surface area (Å²) in [5, 5.41) is 15.1. The third-order valence-corrected chi connectivity index (χ3v) is 7.77. The molecule has 0 aliphatic rings. The summed E-state index contributed by atoms with van der Waals surface area (Å²) in [4.78, 5) is 0. The molecule has 0 unspecified atom stereocenters. The van der Waals surface area contributed by atoms with Crippen LogP contribution >= 0.6 is 7.87 Å². The first-order valence-electron chi connectivity index (χ1n) is 11.2. The van der Waals surface area contributed by atoms with Crippen molar-refractivity contribution in [1.29, 1.82) is 0 Å². The Hall–Kier alpha value is -3.49. The van der Waals surface area contributed by atoms with Crippen molar-refractivity contribution in [3.63, 3.8) is 0 Å². The van der Waals surface area contributed by atoms with Crippen molar-refractivity contribution in [3.05, 3.63) is 119 Å². The van der Waals surface area contributed by atoms with Crippen LogP contribution < -0.4 is 20.3 Å². The van der Waals surface area contributed by atoms with Crippen molar-refractivity contribution in [2.75, 3.05) is 20.3 Å². The first-order valence-corrected chi connectivity index (χ1v) is 13.0. The number of rotatable bonds is 8. The molecule has 4 aromatic carbocycles. The zero-order chi connectivity index (χ0) is 23.3. The lowest BCUT2D eigenvalue weighted by molar-refractivity contribution is 1.44. The molecule has 0 aliphatic carbocycles. The number of aryl methyl sites for hydroxylation is 4. The fourth-order valence-electron chi connectivity index (χ4n) is 3.45. The van der Waals surface area contributed by atoms with Gasteiger partial charge in [0, 0.05) is 0 Å². The summed E-state index contributed by atoms with van der Waals surface area (Å²) in [6.45, 7) is 8.41. The maximum atomic E-state index is 3.79. The fourth-order valence-corrected chi connectivity index (χ4v) is 5.94. The highest BCUT2D eigenvalue weighted by molar-refractivity contribution is 7.81. The Kier molecular flexibility index (Phi) is 6.86. The lowest BCUT2D eigenvalue weighted by Gasteiger charge is -2.30. The Balaban J connectivity index is 1.77. The van der Waals surface area contributed by atoms with Crippen molar-refractivity contribution in [2.24, 2.45) is 0 Å². The van der Waals surface area contributed by atoms with Crippen molar-refractivity contribution in [3.8, 4) is 0 Å². The number of anilines is 4. The van der Waals surface area contributed by atoms with Crippen molar-refractivity contribution in [2.45, 2.75) is 27.7 Å². The van der Waals surface area contributed by atoms with Gasteiger partial charge >= 0.3 is 7.87 Å². The zero-order valence-electron chi connectivity index (χ0n) is 19.7. The van der Waals surface area contributed by atoms with Gasteiger partial charge in [0.2, 0.25) is 0 Å². The third-order valence-electron chi connectivity index (χ3n) is 5.39. The van der Waals surface area contributed by atoms with E-state index in [-0.39, 0.29) is 0 Å². The molecule has 0 saturated heterocycles. The predicted molar refractivity (Wildman–Crippen MR) is 146 cm³/mol. The Morgan fingerprint density at radius 3 is 0.697 bits per heavy atom. The van der Waals surface area contributed by atoms with E-state index in [9.17, 15) is 0 Å². The first kappa shape index (κ1) is 22.7. The van der Waals surface area contributed by atoms with E-state index in [0.717, 1.165) is 22.7 Å². The highest BCUT2D eigenvalue weighted by Gasteiger charge is 2.41. The molecule has 0 atom stereocenters. The van der Waals surface area contributed by atoms with E-state index < -0.39 is 7.87 Å². The average Bonchev–Trinajstić information content (AvgIpc) is 2.80. The van der Waals surface area contributed by atoms with Gasteiger partial charge in [-0.2, -0.15) is 0 Å². The average molecular weight is 456 g/mol. The van der Waals surface area contributed by atoms with E-state index in [2.05, 4.69) is 145 Å². The molecule has 5 heteroatoms. The molecule has 4 N–H and O–H groups in total. The van der Waals surface area contributed by atoms with Crippen LogP contribution in [0.3, 0.4) is 0 Å². The topological polar surface area (TPSA) is 48.1 Å². The molecule has 0 spiro atoms. The third kappa shape index (κ3) is 6.27. The second-order valence-electron chi connectivity index (χ2n) is 8.58. The van der Waals surface area contributed by atoms with Crippen LogP contribution in [0.15, 0.2) is 97.1 Å². The number of benzene rings is 4. The molecule has 0 amide bonds. The van der Waals surface area contributed by atoms with Gasteiger partial charge in [-0.25, -0.2) is 20.3 Å². The molecule has 0 aliphatic heterocycles. The second-order valence-corrected chi connectivity index (χ2v) is 10.8. The van der Waals surface area contributed by atoms with Crippen molar-refractivity contribution < 1.29 is 0 Å². The summed E-state index contributed by atoms with van der Waals surface area (Å²) < 4.78 is 0. The van der Waals surface area contributed by atoms with Gasteiger partial charge < -0.3 is 0 Å². The van der Waals surface area contributed by atoms with Gasteiger partial charge in [-0.15, -0.1) is 0 Å². The van der Waals surface area contributed by atoms with Gasteiger partial charge in [-0.05, 0) is 76.2 Å². The molecular formula is C28H32N4P+. The molecule has 4 aromatic rings. The van der Waals surface area contributed by atoms with Gasteiger partial charge in [-0.3, -0.25) is 0 Å². The maximum absolute atomic E-state index is 3.79. The second kappa shape index (κ2) is 9.97. The van der Waals surface area contributed by atoms with Crippen LogP contribution in [0.4, 0.5) is 22.7 Å². The van der Waals surface area contributed by atoms with Crippen LogP contribution in [-0.4, -0.2) is 0 Å². The quantitative estimate of drug-likeness (QED) is 0.202. The Labute approximate surface area is 198 Å². The van der Waals surface area contributed by atoms with Crippen LogP contribution in [0.1, 0.15) is 22.3 Å². The standard InChI is InChI=1S/C28H32N4P/c1-21-5-13-25(14-6-21)29-33(30-26-15-7-22(2)8-16-26,31-27-17-9-23(3)10-18-27)32-28-19-11-24(4)12-20-28/h5-20,29-32H,1-4H3/q+1. The molecule has 168 valence electrons. The SMILES string of the molecule is Cc1ccc(N[P+](Nc2ccc(C)cc2)(Nc2ccc(C)cc2)Nc2ccc(C)cc2)cc1. The Bertz CT molecular complexity index is 973. The number of hydrogen-bond donors (Lipinski definition) is 4. The van der Waals surface area contributed by atoms with E-state index in [1.54, 1.807) is 0 Å². The monoisotopic (exact) mass is 455 g/mol. The van der Waals surface area contributed by atoms with Crippen LogP contribution in [0.5, 0.6) is 0 Å². The predicted octanol–water partition coefficient (Wildman–Crippen LogP) is 8.35. The molecule has 4 nitrogen and oxygen atoms in total. The van der Waals surface area contributed by atoms with E-state index in [1.165, 1.54) is 22.3 Å². The normalized spacial score (nSPS) is 11.0. The van der Waals surface area contributed by atoms with E-state index in [4.69, 9.17) is 0 Å². The van der Waals surface area contributed by atoms with E-state index in [1.807, 2.05) is 0 Å². The van der Waals surface area contributed by atoms with Gasteiger partial charge in [0.25, 0.3) is 0 Å². The highest BCUT2D eigenvalue weighted by atomic mass is 31.2. The Morgan fingerprint density at radius 1 is 0.333 bits per heavy atom. The summed E-state index contributed by atoms with van der Waals surface area (Å²) >= 11 is 0. The van der Waals surface area contributed by atoms with Gasteiger partial charge in [0.15, 0.2) is 0 Å². The summed E-state index contributed by atoms with van der Waals surface area (Å²) in [7, 11) is -2.44. The van der Waals surface area contributed by atoms with Crippen molar-refractivity contribution >= 4 is 30.6 Å². The molecule has 0 fully saturated rings. The lowest BCUT2D eigenvalue weighted by Crippen LogP contribution is -2.27. The summed E-state index contributed by atoms with van der Waals surface area (Å²) in [5.74, 6) is 0. The number of hydrogen-bond acceptors (Lipinski definition) is 4. The van der Waals surface area contributed by atoms with Gasteiger partial charge in [-0.1, -0.05) is 70.8 Å². The highest BCUT2D eigenvalue weighted by Crippen LogP contribution is 2.56. The van der Waals surface area contributed by atoms with Crippen LogP contribution in [0.25, 0.3) is 0 Å². The minimum atomic E-state index is -2.44. The molecule has 0 bridgehead atoms. The van der Waals surface area contributed by atoms with Gasteiger partial charge in [0.05, 0.1) is 22.7 Å². The van der Waals surface area contributed by atoms with E-state index in [0.29, 0.717) is 0 Å². The van der Waals surface area contributed by atoms with Crippen LogP contribution in [0, 0.1) is 27.7 Å². The smallest absolute Gasteiger partial charge is 0.202 e. The molecule has 33 heavy (non-hydrogen) atoms. The Morgan fingerprint density at radius 2 is 0.515 bits per heavy atom. The molecule has 0 radical (unpaired) electrons. The molecule has 0 heterocycles. The van der Waals surface area contributed by atoms with E-state index >= 15 is 0 Å². The fraction of sp³-hybridized carbons (Fsp3) is 0.143. The molecule has 4 rings (SSSR count). The van der Waals surface area contributed by atoms with Gasteiger partial charge in [0.1, 0.15) is 0 Å². The maximum Gasteiger partial charge on any atom is 0.395 e. The summed E-state index contributed by atoms with van der Waals surface area (Å²) in [5.41, 5.74) is 9.06. The van der Waals surface area contributed by atoms with Crippen molar-refractivity contribution in [1.82, 2.24) is 0 Å². The molecule has 0 aromatic heterocycles. The minimum absolute atomic E-state index is 1.03. The number of nitrogens with one attached hydrogen (secondary N) is 4. The first-order chi connectivity index (χ1) is 15.9. The summed E-state index contributed by atoms with van der Waals surface area (Å²) in [6.07, 6.45) is 0. The largest absolute Gasteiger partial charge is 0.395 e. The minimum Gasteiger partial charge on any atom is -0.202 e. The molecule has 0 saturated carbocycles. The zero-order valence-corrected chi connectivity index (χ0v) is 20.6. The summed E-state index contributed by atoms with van der Waals surface area (Å²) in [6, 6.07) is 34.0. The van der Waals surface area contributed by atoms with Crippen LogP contribution in [0.2, 0.25) is 0 Å². The van der Waals surface area contributed by atoms with Crippen LogP contribution in [-0.2, 0) is 0 Å².